The summed E-state index contributed by atoms with van der Waals surface area (Å²) in [5.41, 5.74) is -0.840. The average molecular weight is 404 g/mol. The number of hydrogen-bond donors (Lipinski definition) is 3. The third kappa shape index (κ3) is 11.1. The summed E-state index contributed by atoms with van der Waals surface area (Å²) in [7, 11) is -4.75. The average Bonchev–Trinajstić information content (AvgIpc) is 2.60. The Kier molecular flexibility index (Phi) is 12.1. The summed E-state index contributed by atoms with van der Waals surface area (Å²) in [5.74, 6) is 0. The number of hydrogen-bond acceptors (Lipinski definition) is 5. The van der Waals surface area contributed by atoms with E-state index in [1.807, 2.05) is 13.8 Å². The number of nitrogens with zero attached hydrogens (tertiary/aromatic N) is 1. The van der Waals surface area contributed by atoms with Crippen LogP contribution in [0, 0.1) is 0 Å². The Balaban J connectivity index is 0.00000326. The molecule has 1 rings (SSSR count). The third-order valence-corrected chi connectivity index (χ3v) is 4.27. The summed E-state index contributed by atoms with van der Waals surface area (Å²) in [5, 5.41) is 2.62. The lowest BCUT2D eigenvalue weighted by molar-refractivity contribution is 0.0281. The van der Waals surface area contributed by atoms with E-state index in [0.29, 0.717) is 5.56 Å². The predicted molar refractivity (Wildman–Crippen MR) is 104 cm³/mol. The van der Waals surface area contributed by atoms with Crippen molar-refractivity contribution in [2.24, 2.45) is 0 Å². The number of carbonyl (C=O) groups excluding carboxylic acids is 1. The maximum absolute atomic E-state index is 12.1. The first-order valence-corrected chi connectivity index (χ1v) is 10.8. The van der Waals surface area contributed by atoms with Gasteiger partial charge in [0.1, 0.15) is 0 Å². The van der Waals surface area contributed by atoms with E-state index in [0.717, 1.165) is 25.7 Å². The number of nitrogens with one attached hydrogen (secondary N) is 1. The van der Waals surface area contributed by atoms with Crippen molar-refractivity contribution >= 4 is 13.9 Å². The maximum Gasteiger partial charge on any atom is 0.470 e. The Labute approximate surface area is 161 Å². The number of amides is 1. The van der Waals surface area contributed by atoms with Gasteiger partial charge in [-0.05, 0) is 31.9 Å². The van der Waals surface area contributed by atoms with Gasteiger partial charge in [0.2, 0.25) is 0 Å². The number of phosphoric ester groups is 1. The second-order valence-electron chi connectivity index (χ2n) is 6.25. The summed E-state index contributed by atoms with van der Waals surface area (Å²) in [6.45, 7) is 9.33. The SMILES string of the molecule is CC.CCCCCCOC(=O)NC(c1cccnc1)C(C)(C)OP(=O)(O)O. The molecule has 9 heteroatoms. The van der Waals surface area contributed by atoms with Gasteiger partial charge in [-0.1, -0.05) is 46.1 Å². The van der Waals surface area contributed by atoms with E-state index in [1.165, 1.54) is 20.0 Å². The fourth-order valence-corrected chi connectivity index (χ4v) is 3.14. The lowest BCUT2D eigenvalue weighted by Crippen LogP contribution is -2.43. The largest absolute Gasteiger partial charge is 0.470 e. The quantitative estimate of drug-likeness (QED) is 0.392. The van der Waals surface area contributed by atoms with Crippen molar-refractivity contribution in [3.63, 3.8) is 0 Å². The van der Waals surface area contributed by atoms with Crippen LogP contribution in [0.5, 0.6) is 0 Å². The minimum atomic E-state index is -4.75. The maximum atomic E-state index is 12.1. The smallest absolute Gasteiger partial charge is 0.450 e. The van der Waals surface area contributed by atoms with Crippen LogP contribution in [0.25, 0.3) is 0 Å². The van der Waals surface area contributed by atoms with Crippen molar-refractivity contribution in [3.05, 3.63) is 30.1 Å². The number of phosphoric acid groups is 1. The zero-order valence-electron chi connectivity index (χ0n) is 16.8. The predicted octanol–water partition coefficient (Wildman–Crippen LogP) is 4.34. The second kappa shape index (κ2) is 12.8. The molecule has 156 valence electrons. The molecule has 0 fully saturated rings. The van der Waals surface area contributed by atoms with E-state index >= 15 is 0 Å². The van der Waals surface area contributed by atoms with E-state index in [9.17, 15) is 9.36 Å². The molecule has 1 atom stereocenters. The number of ether oxygens (including phenoxy) is 1. The van der Waals surface area contributed by atoms with Gasteiger partial charge in [0.15, 0.2) is 0 Å². The molecule has 0 aliphatic heterocycles. The summed E-state index contributed by atoms with van der Waals surface area (Å²) in [6, 6.07) is 2.49. The molecule has 8 nitrogen and oxygen atoms in total. The Bertz CT molecular complexity index is 576. The molecule has 27 heavy (non-hydrogen) atoms. The molecule has 0 radical (unpaired) electrons. The minimum absolute atomic E-state index is 0.283. The topological polar surface area (TPSA) is 118 Å². The molecule has 1 amide bonds. The Morgan fingerprint density at radius 3 is 2.48 bits per heavy atom. The summed E-state index contributed by atoms with van der Waals surface area (Å²) in [4.78, 5) is 34.3. The van der Waals surface area contributed by atoms with Crippen LogP contribution in [-0.2, 0) is 13.8 Å². The monoisotopic (exact) mass is 404 g/mol. The van der Waals surface area contributed by atoms with Crippen LogP contribution in [0.1, 0.15) is 71.9 Å². The molecule has 1 aromatic heterocycles. The van der Waals surface area contributed by atoms with Gasteiger partial charge < -0.3 is 19.8 Å². The molecule has 1 heterocycles. The van der Waals surface area contributed by atoms with Crippen LogP contribution < -0.4 is 5.32 Å². The van der Waals surface area contributed by atoms with Gasteiger partial charge >= 0.3 is 13.9 Å². The van der Waals surface area contributed by atoms with Gasteiger partial charge in [-0.3, -0.25) is 9.51 Å². The van der Waals surface area contributed by atoms with E-state index in [4.69, 9.17) is 19.0 Å². The van der Waals surface area contributed by atoms with Crippen LogP contribution in [0.4, 0.5) is 4.79 Å². The van der Waals surface area contributed by atoms with Gasteiger partial charge in [-0.15, -0.1) is 0 Å². The van der Waals surface area contributed by atoms with Crippen molar-refractivity contribution in [3.8, 4) is 0 Å². The van der Waals surface area contributed by atoms with Crippen molar-refractivity contribution in [2.45, 2.75) is 71.9 Å². The summed E-state index contributed by atoms with van der Waals surface area (Å²) >= 11 is 0. The number of unbranched alkanes of at least 4 members (excludes halogenated alkanes) is 3. The second-order valence-corrected chi connectivity index (χ2v) is 7.41. The van der Waals surface area contributed by atoms with E-state index in [-0.39, 0.29) is 6.61 Å². The molecule has 0 aliphatic rings. The molecule has 1 aromatic rings. The Morgan fingerprint density at radius 2 is 1.96 bits per heavy atom. The Morgan fingerprint density at radius 1 is 1.30 bits per heavy atom. The van der Waals surface area contributed by atoms with Gasteiger partial charge in [0, 0.05) is 12.4 Å². The van der Waals surface area contributed by atoms with Crippen LogP contribution in [0.3, 0.4) is 0 Å². The molecule has 3 N–H and O–H groups in total. The number of rotatable bonds is 10. The fourth-order valence-electron chi connectivity index (χ4n) is 2.42. The highest BCUT2D eigenvalue weighted by Crippen LogP contribution is 2.45. The van der Waals surface area contributed by atoms with Crippen molar-refractivity contribution in [1.82, 2.24) is 10.3 Å². The highest BCUT2D eigenvalue weighted by molar-refractivity contribution is 7.46. The van der Waals surface area contributed by atoms with Crippen molar-refractivity contribution < 1.29 is 28.4 Å². The number of aromatic nitrogens is 1. The normalized spacial score (nSPS) is 12.6. The highest BCUT2D eigenvalue weighted by Gasteiger charge is 2.39. The molecule has 0 bridgehead atoms. The molecular weight excluding hydrogens is 371 g/mol. The summed E-state index contributed by atoms with van der Waals surface area (Å²) < 4.78 is 21.3. The zero-order chi connectivity index (χ0) is 20.9. The number of alkyl carbamates (subject to hydrolysis) is 1. The van der Waals surface area contributed by atoms with Gasteiger partial charge in [-0.2, -0.15) is 0 Å². The first-order valence-electron chi connectivity index (χ1n) is 9.25. The van der Waals surface area contributed by atoms with E-state index < -0.39 is 25.6 Å². The van der Waals surface area contributed by atoms with Crippen LogP contribution in [0.15, 0.2) is 24.5 Å². The minimum Gasteiger partial charge on any atom is -0.450 e. The van der Waals surface area contributed by atoms with E-state index in [2.05, 4.69) is 17.2 Å². The number of pyridine rings is 1. The van der Waals surface area contributed by atoms with Gasteiger partial charge in [0.05, 0.1) is 18.2 Å². The fraction of sp³-hybridized carbons (Fsp3) is 0.667. The molecule has 1 unspecified atom stereocenters. The molecule has 0 saturated heterocycles. The molecule has 0 aromatic carbocycles. The van der Waals surface area contributed by atoms with E-state index in [1.54, 1.807) is 18.3 Å². The number of carbonyl (C=O) groups is 1. The van der Waals surface area contributed by atoms with Crippen LogP contribution in [-0.4, -0.2) is 33.1 Å². The van der Waals surface area contributed by atoms with Crippen molar-refractivity contribution in [2.75, 3.05) is 6.61 Å². The molecular formula is C18H33N2O6P. The van der Waals surface area contributed by atoms with Crippen molar-refractivity contribution in [1.29, 1.82) is 0 Å². The zero-order valence-corrected chi connectivity index (χ0v) is 17.7. The molecule has 0 saturated carbocycles. The van der Waals surface area contributed by atoms with Crippen LogP contribution in [0.2, 0.25) is 0 Å². The third-order valence-electron chi connectivity index (χ3n) is 3.56. The highest BCUT2D eigenvalue weighted by atomic mass is 31.2. The summed E-state index contributed by atoms with van der Waals surface area (Å²) in [6.07, 6.45) is 6.28. The Hall–Kier alpha value is -1.47. The standard InChI is InChI=1S/C16H27N2O6P.C2H6/c1-4-5-6-7-11-23-15(19)18-14(13-9-8-10-17-12-13)16(2,3)24-25(20,21)22;1-2/h8-10,12,14H,4-7,11H2,1-3H3,(H,18,19)(H2,20,21,22);1-2H3. The first kappa shape index (κ1) is 25.5. The van der Waals surface area contributed by atoms with Gasteiger partial charge in [-0.25, -0.2) is 9.36 Å². The molecule has 0 spiro atoms. The first-order chi connectivity index (χ1) is 12.7. The molecule has 0 aliphatic carbocycles. The van der Waals surface area contributed by atoms with Gasteiger partial charge in [0.25, 0.3) is 0 Å². The lowest BCUT2D eigenvalue weighted by Gasteiger charge is -2.34. The van der Waals surface area contributed by atoms with Crippen LogP contribution >= 0.6 is 7.82 Å². The lowest BCUT2D eigenvalue weighted by atomic mass is 9.93.